The van der Waals surface area contributed by atoms with Crippen LogP contribution in [0.3, 0.4) is 0 Å². The molecule has 0 aliphatic carbocycles. The summed E-state index contributed by atoms with van der Waals surface area (Å²) in [4.78, 5) is 12.2. The fourth-order valence-corrected chi connectivity index (χ4v) is 2.38. The molecule has 0 aliphatic heterocycles. The van der Waals surface area contributed by atoms with E-state index in [9.17, 15) is 4.79 Å². The number of aromatic nitrogens is 2. The number of furan rings is 1. The van der Waals surface area contributed by atoms with Crippen LogP contribution in [0.15, 0.2) is 33.5 Å². The molecular weight excluding hydrogens is 310 g/mol. The summed E-state index contributed by atoms with van der Waals surface area (Å²) < 4.78 is 7.64. The van der Waals surface area contributed by atoms with Gasteiger partial charge in [-0.25, -0.2) is 0 Å². The summed E-state index contributed by atoms with van der Waals surface area (Å²) in [7, 11) is 0. The lowest BCUT2D eigenvalue weighted by atomic mass is 10.2. The highest BCUT2D eigenvalue weighted by Gasteiger charge is 2.18. The van der Waals surface area contributed by atoms with E-state index < -0.39 is 0 Å². The standard InChI is InChI=1S/C13H16BrN3O2/c1-3-17-12(11(14)8-15-17)13(18)16-9(2)7-10-5-4-6-19-10/h4-6,8-9H,3,7H2,1-2H3,(H,16,18). The van der Waals surface area contributed by atoms with Crippen molar-refractivity contribution in [1.82, 2.24) is 15.1 Å². The summed E-state index contributed by atoms with van der Waals surface area (Å²) in [6.45, 7) is 4.55. The van der Waals surface area contributed by atoms with Crippen molar-refractivity contribution in [3.8, 4) is 0 Å². The highest BCUT2D eigenvalue weighted by atomic mass is 79.9. The normalized spacial score (nSPS) is 12.4. The second-order valence-corrected chi connectivity index (χ2v) is 5.17. The van der Waals surface area contributed by atoms with Gasteiger partial charge in [0.05, 0.1) is 16.9 Å². The molecule has 5 nitrogen and oxygen atoms in total. The van der Waals surface area contributed by atoms with Crippen molar-refractivity contribution in [1.29, 1.82) is 0 Å². The summed E-state index contributed by atoms with van der Waals surface area (Å²) in [6, 6.07) is 3.73. The highest BCUT2D eigenvalue weighted by molar-refractivity contribution is 9.10. The first-order valence-corrected chi connectivity index (χ1v) is 6.95. The Morgan fingerprint density at radius 3 is 3.05 bits per heavy atom. The number of carbonyl (C=O) groups is 1. The van der Waals surface area contributed by atoms with E-state index in [1.54, 1.807) is 17.1 Å². The van der Waals surface area contributed by atoms with Gasteiger partial charge < -0.3 is 9.73 Å². The van der Waals surface area contributed by atoms with Crippen LogP contribution < -0.4 is 5.32 Å². The summed E-state index contributed by atoms with van der Waals surface area (Å²) in [5, 5.41) is 7.08. The highest BCUT2D eigenvalue weighted by Crippen LogP contribution is 2.16. The molecule has 1 atom stereocenters. The first-order valence-electron chi connectivity index (χ1n) is 6.16. The molecule has 2 aromatic heterocycles. The molecule has 0 aliphatic rings. The molecule has 0 spiro atoms. The van der Waals surface area contributed by atoms with E-state index in [0.717, 1.165) is 5.76 Å². The summed E-state index contributed by atoms with van der Waals surface area (Å²) in [5.41, 5.74) is 0.550. The molecule has 102 valence electrons. The molecule has 1 N–H and O–H groups in total. The van der Waals surface area contributed by atoms with Gasteiger partial charge in [0.2, 0.25) is 0 Å². The van der Waals surface area contributed by atoms with E-state index in [1.807, 2.05) is 26.0 Å². The van der Waals surface area contributed by atoms with E-state index >= 15 is 0 Å². The fourth-order valence-electron chi connectivity index (χ4n) is 1.90. The van der Waals surface area contributed by atoms with Gasteiger partial charge in [-0.2, -0.15) is 5.10 Å². The maximum absolute atomic E-state index is 12.2. The SMILES string of the molecule is CCn1ncc(Br)c1C(=O)NC(C)Cc1ccco1. The average molecular weight is 326 g/mol. The maximum Gasteiger partial charge on any atom is 0.270 e. The number of halogens is 1. The predicted octanol–water partition coefficient (Wildman–Crippen LogP) is 2.62. The molecule has 6 heteroatoms. The van der Waals surface area contributed by atoms with E-state index in [0.29, 0.717) is 23.1 Å². The van der Waals surface area contributed by atoms with Crippen LogP contribution in [0.1, 0.15) is 30.1 Å². The zero-order chi connectivity index (χ0) is 13.8. The van der Waals surface area contributed by atoms with Crippen molar-refractivity contribution < 1.29 is 9.21 Å². The zero-order valence-corrected chi connectivity index (χ0v) is 12.5. The molecular formula is C13H16BrN3O2. The maximum atomic E-state index is 12.2. The third-order valence-corrected chi connectivity index (χ3v) is 3.35. The Balaban J connectivity index is 2.02. The Hall–Kier alpha value is -1.56. The first kappa shape index (κ1) is 13.9. The molecule has 19 heavy (non-hydrogen) atoms. The van der Waals surface area contributed by atoms with Gasteiger partial charge in [-0.15, -0.1) is 0 Å². The number of nitrogens with zero attached hydrogens (tertiary/aromatic N) is 2. The van der Waals surface area contributed by atoms with Crippen LogP contribution in [0.2, 0.25) is 0 Å². The van der Waals surface area contributed by atoms with Gasteiger partial charge in [0.25, 0.3) is 5.91 Å². The van der Waals surface area contributed by atoms with Crippen LogP contribution in [0.5, 0.6) is 0 Å². The van der Waals surface area contributed by atoms with Gasteiger partial charge in [-0.3, -0.25) is 9.48 Å². The third kappa shape index (κ3) is 3.26. The van der Waals surface area contributed by atoms with Crippen LogP contribution in [0.4, 0.5) is 0 Å². The smallest absolute Gasteiger partial charge is 0.270 e. The number of carbonyl (C=O) groups excluding carboxylic acids is 1. The zero-order valence-electron chi connectivity index (χ0n) is 10.9. The second-order valence-electron chi connectivity index (χ2n) is 4.31. The summed E-state index contributed by atoms with van der Waals surface area (Å²) >= 11 is 3.35. The lowest BCUT2D eigenvalue weighted by Crippen LogP contribution is -2.35. The van der Waals surface area contributed by atoms with Crippen molar-refractivity contribution in [3.63, 3.8) is 0 Å². The molecule has 0 aromatic carbocycles. The number of rotatable bonds is 5. The number of aryl methyl sites for hydroxylation is 1. The Bertz CT molecular complexity index is 548. The molecule has 0 saturated heterocycles. The first-order chi connectivity index (χ1) is 9.11. The van der Waals surface area contributed by atoms with Crippen LogP contribution in [-0.2, 0) is 13.0 Å². The van der Waals surface area contributed by atoms with Gasteiger partial charge in [0.15, 0.2) is 0 Å². The van der Waals surface area contributed by atoms with E-state index in [1.165, 1.54) is 0 Å². The van der Waals surface area contributed by atoms with Crippen LogP contribution in [0, 0.1) is 0 Å². The van der Waals surface area contributed by atoms with Gasteiger partial charge >= 0.3 is 0 Å². The molecule has 0 bridgehead atoms. The van der Waals surface area contributed by atoms with Crippen LogP contribution in [0.25, 0.3) is 0 Å². The van der Waals surface area contributed by atoms with Crippen molar-refractivity contribution in [2.24, 2.45) is 0 Å². The van der Waals surface area contributed by atoms with Crippen molar-refractivity contribution in [2.75, 3.05) is 0 Å². The fraction of sp³-hybridized carbons (Fsp3) is 0.385. The number of hydrogen-bond donors (Lipinski definition) is 1. The van der Waals surface area contributed by atoms with Gasteiger partial charge in [-0.05, 0) is 41.9 Å². The lowest BCUT2D eigenvalue weighted by Gasteiger charge is -2.13. The number of nitrogens with one attached hydrogen (secondary N) is 1. The minimum atomic E-state index is -0.134. The minimum absolute atomic E-state index is 0.00856. The summed E-state index contributed by atoms with van der Waals surface area (Å²) in [6.07, 6.45) is 3.93. The van der Waals surface area contributed by atoms with Crippen molar-refractivity contribution >= 4 is 21.8 Å². The van der Waals surface area contributed by atoms with Crippen LogP contribution >= 0.6 is 15.9 Å². The van der Waals surface area contributed by atoms with Crippen molar-refractivity contribution in [2.45, 2.75) is 32.9 Å². The van der Waals surface area contributed by atoms with E-state index in [4.69, 9.17) is 4.42 Å². The van der Waals surface area contributed by atoms with E-state index in [2.05, 4.69) is 26.3 Å². The monoisotopic (exact) mass is 325 g/mol. The molecule has 2 heterocycles. The van der Waals surface area contributed by atoms with Crippen molar-refractivity contribution in [3.05, 3.63) is 40.5 Å². The van der Waals surface area contributed by atoms with Gasteiger partial charge in [0.1, 0.15) is 11.5 Å². The third-order valence-electron chi connectivity index (χ3n) is 2.77. The Labute approximate surface area is 120 Å². The Morgan fingerprint density at radius 1 is 1.63 bits per heavy atom. The van der Waals surface area contributed by atoms with Gasteiger partial charge in [0, 0.05) is 19.0 Å². The van der Waals surface area contributed by atoms with Crippen LogP contribution in [-0.4, -0.2) is 21.7 Å². The quantitative estimate of drug-likeness (QED) is 0.919. The topological polar surface area (TPSA) is 60.1 Å². The minimum Gasteiger partial charge on any atom is -0.469 e. The second kappa shape index (κ2) is 6.06. The summed E-state index contributed by atoms with van der Waals surface area (Å²) in [5.74, 6) is 0.723. The molecule has 0 saturated carbocycles. The molecule has 2 aromatic rings. The number of amides is 1. The largest absolute Gasteiger partial charge is 0.469 e. The molecule has 0 radical (unpaired) electrons. The Morgan fingerprint density at radius 2 is 2.42 bits per heavy atom. The number of hydrogen-bond acceptors (Lipinski definition) is 3. The lowest BCUT2D eigenvalue weighted by molar-refractivity contribution is 0.0927. The molecule has 1 amide bonds. The Kier molecular flexibility index (Phi) is 4.42. The molecule has 1 unspecified atom stereocenters. The predicted molar refractivity (Wildman–Crippen MR) is 74.9 cm³/mol. The molecule has 0 fully saturated rings. The van der Waals surface area contributed by atoms with E-state index in [-0.39, 0.29) is 11.9 Å². The van der Waals surface area contributed by atoms with Gasteiger partial charge in [-0.1, -0.05) is 0 Å². The average Bonchev–Trinajstić information content (AvgIpc) is 2.98. The molecule has 2 rings (SSSR count).